The number of hydrazine groups is 1. The molecule has 0 amide bonds. The quantitative estimate of drug-likeness (QED) is 0.499. The SMILES string of the molecule is C=CC(NN)c1cc(Cl)ccc1Br. The van der Waals surface area contributed by atoms with Crippen LogP contribution in [-0.4, -0.2) is 0 Å². The predicted molar refractivity (Wildman–Crippen MR) is 59.4 cm³/mol. The van der Waals surface area contributed by atoms with Crippen LogP contribution in [0.1, 0.15) is 11.6 Å². The number of rotatable bonds is 3. The third-order valence-corrected chi connectivity index (χ3v) is 2.67. The van der Waals surface area contributed by atoms with Crippen LogP contribution in [0, 0.1) is 0 Å². The van der Waals surface area contributed by atoms with Gasteiger partial charge in [0.25, 0.3) is 0 Å². The van der Waals surface area contributed by atoms with Gasteiger partial charge in [0.15, 0.2) is 0 Å². The lowest BCUT2D eigenvalue weighted by molar-refractivity contribution is 0.654. The van der Waals surface area contributed by atoms with Crippen molar-refractivity contribution in [1.82, 2.24) is 5.43 Å². The van der Waals surface area contributed by atoms with Crippen LogP contribution < -0.4 is 11.3 Å². The molecule has 0 aliphatic rings. The third kappa shape index (κ3) is 2.54. The topological polar surface area (TPSA) is 38.0 Å². The number of nitrogens with two attached hydrogens (primary N) is 1. The van der Waals surface area contributed by atoms with E-state index in [1.54, 1.807) is 6.08 Å². The van der Waals surface area contributed by atoms with Gasteiger partial charge in [0.05, 0.1) is 6.04 Å². The first kappa shape index (κ1) is 10.7. The van der Waals surface area contributed by atoms with Crippen LogP contribution in [0.25, 0.3) is 0 Å². The van der Waals surface area contributed by atoms with Gasteiger partial charge in [0, 0.05) is 9.50 Å². The Morgan fingerprint density at radius 3 is 2.85 bits per heavy atom. The number of hydrogen-bond donors (Lipinski definition) is 2. The molecule has 0 saturated carbocycles. The molecule has 4 heteroatoms. The van der Waals surface area contributed by atoms with Crippen molar-refractivity contribution in [3.63, 3.8) is 0 Å². The number of halogens is 2. The molecule has 13 heavy (non-hydrogen) atoms. The fraction of sp³-hybridized carbons (Fsp3) is 0.111. The third-order valence-electron chi connectivity index (χ3n) is 1.71. The van der Waals surface area contributed by atoms with Crippen molar-refractivity contribution in [3.05, 3.63) is 45.9 Å². The summed E-state index contributed by atoms with van der Waals surface area (Å²) in [5.74, 6) is 5.35. The van der Waals surface area contributed by atoms with Gasteiger partial charge in [-0.3, -0.25) is 5.84 Å². The molecule has 0 aromatic heterocycles. The summed E-state index contributed by atoms with van der Waals surface area (Å²) in [5, 5.41) is 0.681. The second-order valence-corrected chi connectivity index (χ2v) is 3.84. The second kappa shape index (κ2) is 4.77. The van der Waals surface area contributed by atoms with Crippen molar-refractivity contribution in [2.45, 2.75) is 6.04 Å². The lowest BCUT2D eigenvalue weighted by Crippen LogP contribution is -2.26. The minimum Gasteiger partial charge on any atom is -0.271 e. The van der Waals surface area contributed by atoms with Gasteiger partial charge in [-0.2, -0.15) is 0 Å². The summed E-state index contributed by atoms with van der Waals surface area (Å²) in [6.45, 7) is 3.67. The molecule has 1 atom stereocenters. The molecule has 2 nitrogen and oxygen atoms in total. The summed E-state index contributed by atoms with van der Waals surface area (Å²) in [7, 11) is 0. The summed E-state index contributed by atoms with van der Waals surface area (Å²) in [5.41, 5.74) is 3.61. The molecule has 0 spiro atoms. The van der Waals surface area contributed by atoms with Crippen molar-refractivity contribution in [2.75, 3.05) is 0 Å². The van der Waals surface area contributed by atoms with E-state index >= 15 is 0 Å². The molecule has 1 rings (SSSR count). The van der Waals surface area contributed by atoms with E-state index in [9.17, 15) is 0 Å². The molecule has 1 aromatic rings. The second-order valence-electron chi connectivity index (χ2n) is 2.55. The van der Waals surface area contributed by atoms with Crippen LogP contribution in [0.15, 0.2) is 35.3 Å². The monoisotopic (exact) mass is 260 g/mol. The summed E-state index contributed by atoms with van der Waals surface area (Å²) in [6.07, 6.45) is 1.72. The Morgan fingerprint density at radius 1 is 1.62 bits per heavy atom. The highest BCUT2D eigenvalue weighted by atomic mass is 79.9. The Kier molecular flexibility index (Phi) is 3.93. The van der Waals surface area contributed by atoms with Gasteiger partial charge in [-0.15, -0.1) is 6.58 Å². The van der Waals surface area contributed by atoms with Gasteiger partial charge in [0.1, 0.15) is 0 Å². The largest absolute Gasteiger partial charge is 0.271 e. The van der Waals surface area contributed by atoms with Gasteiger partial charge in [-0.25, -0.2) is 5.43 Å². The molecule has 1 unspecified atom stereocenters. The zero-order valence-electron chi connectivity index (χ0n) is 6.93. The summed E-state index contributed by atoms with van der Waals surface area (Å²) in [4.78, 5) is 0. The predicted octanol–water partition coefficient (Wildman–Crippen LogP) is 2.79. The highest BCUT2D eigenvalue weighted by Crippen LogP contribution is 2.26. The standard InChI is InChI=1S/C9H10BrClN2/c1-2-9(13-12)7-5-6(11)3-4-8(7)10/h2-5,9,13H,1,12H2. The highest BCUT2D eigenvalue weighted by molar-refractivity contribution is 9.10. The molecular weight excluding hydrogens is 251 g/mol. The smallest absolute Gasteiger partial charge is 0.0649 e. The maximum atomic E-state index is 5.85. The van der Waals surface area contributed by atoms with Crippen LogP contribution >= 0.6 is 27.5 Å². The number of nitrogens with one attached hydrogen (secondary N) is 1. The van der Waals surface area contributed by atoms with Gasteiger partial charge < -0.3 is 0 Å². The van der Waals surface area contributed by atoms with Gasteiger partial charge in [0.2, 0.25) is 0 Å². The van der Waals surface area contributed by atoms with Gasteiger partial charge in [-0.1, -0.05) is 33.6 Å². The molecule has 0 aliphatic carbocycles. The van der Waals surface area contributed by atoms with Gasteiger partial charge >= 0.3 is 0 Å². The average Bonchev–Trinajstić information content (AvgIpc) is 2.13. The fourth-order valence-electron chi connectivity index (χ4n) is 1.04. The molecule has 70 valence electrons. The van der Waals surface area contributed by atoms with Crippen molar-refractivity contribution >= 4 is 27.5 Å². The number of benzene rings is 1. The van der Waals surface area contributed by atoms with Crippen molar-refractivity contribution < 1.29 is 0 Å². The van der Waals surface area contributed by atoms with E-state index in [0.717, 1.165) is 10.0 Å². The van der Waals surface area contributed by atoms with Crippen LogP contribution in [0.3, 0.4) is 0 Å². The number of hydrogen-bond acceptors (Lipinski definition) is 2. The van der Waals surface area contributed by atoms with Crippen LogP contribution in [-0.2, 0) is 0 Å². The maximum absolute atomic E-state index is 5.85. The van der Waals surface area contributed by atoms with E-state index < -0.39 is 0 Å². The fourth-order valence-corrected chi connectivity index (χ4v) is 1.71. The Labute approximate surface area is 90.9 Å². The molecular formula is C9H10BrClN2. The minimum atomic E-state index is -0.0897. The average molecular weight is 262 g/mol. The first-order chi connectivity index (χ1) is 6.19. The van der Waals surface area contributed by atoms with Crippen molar-refractivity contribution in [1.29, 1.82) is 0 Å². The lowest BCUT2D eigenvalue weighted by atomic mass is 10.1. The molecule has 0 radical (unpaired) electrons. The van der Waals surface area contributed by atoms with Crippen LogP contribution in [0.2, 0.25) is 5.02 Å². The van der Waals surface area contributed by atoms with Crippen LogP contribution in [0.5, 0.6) is 0 Å². The Morgan fingerprint density at radius 2 is 2.31 bits per heavy atom. The normalized spacial score (nSPS) is 12.5. The lowest BCUT2D eigenvalue weighted by Gasteiger charge is -2.13. The van der Waals surface area contributed by atoms with Crippen LogP contribution in [0.4, 0.5) is 0 Å². The van der Waals surface area contributed by atoms with E-state index in [1.807, 2.05) is 18.2 Å². The van der Waals surface area contributed by atoms with Gasteiger partial charge in [-0.05, 0) is 23.8 Å². The first-order valence-electron chi connectivity index (χ1n) is 3.72. The van der Waals surface area contributed by atoms with E-state index in [0.29, 0.717) is 5.02 Å². The highest BCUT2D eigenvalue weighted by Gasteiger charge is 2.09. The molecule has 3 N–H and O–H groups in total. The molecule has 0 saturated heterocycles. The summed E-state index contributed by atoms with van der Waals surface area (Å²) >= 11 is 9.26. The van der Waals surface area contributed by atoms with E-state index in [2.05, 4.69) is 27.9 Å². The van der Waals surface area contributed by atoms with E-state index in [-0.39, 0.29) is 6.04 Å². The summed E-state index contributed by atoms with van der Waals surface area (Å²) < 4.78 is 0.958. The zero-order valence-corrected chi connectivity index (χ0v) is 9.27. The van der Waals surface area contributed by atoms with Crippen molar-refractivity contribution in [3.8, 4) is 0 Å². The summed E-state index contributed by atoms with van der Waals surface area (Å²) in [6, 6.07) is 5.45. The van der Waals surface area contributed by atoms with E-state index in [1.165, 1.54) is 0 Å². The molecule has 1 aromatic carbocycles. The van der Waals surface area contributed by atoms with E-state index in [4.69, 9.17) is 17.4 Å². The first-order valence-corrected chi connectivity index (χ1v) is 4.89. The Balaban J connectivity index is 3.10. The maximum Gasteiger partial charge on any atom is 0.0649 e. The Hall–Kier alpha value is -0.350. The minimum absolute atomic E-state index is 0.0897. The van der Waals surface area contributed by atoms with Crippen molar-refractivity contribution in [2.24, 2.45) is 5.84 Å². The molecule has 0 bridgehead atoms. The molecule has 0 fully saturated rings. The molecule has 0 heterocycles. The Bertz CT molecular complexity index is 314. The molecule has 0 aliphatic heterocycles. The zero-order chi connectivity index (χ0) is 9.84.